The average Bonchev–Trinajstić information content (AvgIpc) is 3.58. The number of hydrogen-bond donors (Lipinski definition) is 0. The molecule has 0 aliphatic carbocycles. The van der Waals surface area contributed by atoms with E-state index in [4.69, 9.17) is 0 Å². The van der Waals surface area contributed by atoms with Gasteiger partial charge in [-0.25, -0.2) is 4.37 Å². The molecule has 4 nitrogen and oxygen atoms in total. The summed E-state index contributed by atoms with van der Waals surface area (Å²) >= 11 is 1.55. The van der Waals surface area contributed by atoms with Crippen LogP contribution in [-0.4, -0.2) is 18.9 Å². The standard InChI is InChI=1S/C16H14NS.C14H10N3.Ir/c1-11(2)12-6-5-7-13(10-12)16-14-8-3-4-9-15(14)18-17-16;1-2-5-12(6-3-1)14-16-9-10-17(14)13-7-4-8-15-11-13;/h3-6,8-11H,1-2H3;1-5,7-11H;/q2*-1;. The molecule has 6 heteroatoms. The molecule has 36 heavy (non-hydrogen) atoms. The van der Waals surface area contributed by atoms with Crippen molar-refractivity contribution in [2.24, 2.45) is 0 Å². The zero-order chi connectivity index (χ0) is 24.0. The molecule has 0 bridgehead atoms. The van der Waals surface area contributed by atoms with Crippen LogP contribution in [0.4, 0.5) is 0 Å². The summed E-state index contributed by atoms with van der Waals surface area (Å²) in [4.78, 5) is 8.48. The minimum atomic E-state index is 0. The van der Waals surface area contributed by atoms with Crippen LogP contribution in [0.1, 0.15) is 25.3 Å². The van der Waals surface area contributed by atoms with Crippen molar-refractivity contribution in [3.05, 3.63) is 121 Å². The zero-order valence-corrected chi connectivity index (χ0v) is 23.1. The van der Waals surface area contributed by atoms with Crippen LogP contribution in [0.3, 0.4) is 0 Å². The van der Waals surface area contributed by atoms with Crippen molar-refractivity contribution < 1.29 is 20.1 Å². The summed E-state index contributed by atoms with van der Waals surface area (Å²) in [6.07, 6.45) is 7.28. The van der Waals surface area contributed by atoms with Crippen LogP contribution in [-0.2, 0) is 20.1 Å². The Morgan fingerprint density at radius 1 is 0.861 bits per heavy atom. The Hall–Kier alpha value is -3.44. The average molecular weight is 665 g/mol. The van der Waals surface area contributed by atoms with E-state index in [9.17, 15) is 0 Å². The summed E-state index contributed by atoms with van der Waals surface area (Å²) < 4.78 is 7.81. The first-order valence-corrected chi connectivity index (χ1v) is 12.3. The van der Waals surface area contributed by atoms with E-state index in [0.29, 0.717) is 5.92 Å². The Kier molecular flexibility index (Phi) is 8.55. The monoisotopic (exact) mass is 665 g/mol. The van der Waals surface area contributed by atoms with E-state index in [1.54, 1.807) is 23.9 Å². The molecule has 0 spiro atoms. The number of benzene rings is 3. The van der Waals surface area contributed by atoms with E-state index in [1.807, 2.05) is 59.4 Å². The predicted octanol–water partition coefficient (Wildman–Crippen LogP) is 7.62. The minimum absolute atomic E-state index is 0. The Morgan fingerprint density at radius 3 is 2.47 bits per heavy atom. The molecule has 6 aromatic rings. The third kappa shape index (κ3) is 5.68. The molecular formula is C30H24IrN4S-2. The van der Waals surface area contributed by atoms with E-state index in [2.05, 4.69) is 76.7 Å². The van der Waals surface area contributed by atoms with E-state index in [0.717, 1.165) is 28.3 Å². The molecule has 3 aromatic heterocycles. The summed E-state index contributed by atoms with van der Waals surface area (Å²) in [5, 5.41) is 1.22. The molecule has 6 rings (SSSR count). The SMILES string of the molecule is CC(C)c1cc[c-]c(-c2nsc3ccccc23)c1.[Ir].[c-]1ccccc1-c1nccn1-c1cccnc1. The largest absolute Gasteiger partial charge is 0.339 e. The molecule has 0 aliphatic heterocycles. The number of hydrogen-bond acceptors (Lipinski definition) is 4. The molecule has 0 saturated carbocycles. The maximum absolute atomic E-state index is 4.58. The van der Waals surface area contributed by atoms with Gasteiger partial charge in [-0.1, -0.05) is 32.0 Å². The van der Waals surface area contributed by atoms with E-state index in [1.165, 1.54) is 15.6 Å². The fraction of sp³-hybridized carbons (Fsp3) is 0.100. The molecule has 181 valence electrons. The van der Waals surface area contributed by atoms with Crippen molar-refractivity contribution in [2.45, 2.75) is 19.8 Å². The van der Waals surface area contributed by atoms with Crippen LogP contribution < -0.4 is 0 Å². The predicted molar refractivity (Wildman–Crippen MR) is 144 cm³/mol. The molecule has 0 fully saturated rings. The molecule has 0 N–H and O–H groups in total. The van der Waals surface area contributed by atoms with E-state index < -0.39 is 0 Å². The number of fused-ring (bicyclic) bond motifs is 1. The Morgan fingerprint density at radius 2 is 1.69 bits per heavy atom. The fourth-order valence-corrected chi connectivity index (χ4v) is 4.59. The van der Waals surface area contributed by atoms with Gasteiger partial charge in [0.2, 0.25) is 0 Å². The number of nitrogens with zero attached hydrogens (tertiary/aromatic N) is 4. The quantitative estimate of drug-likeness (QED) is 0.182. The second-order valence-corrected chi connectivity index (χ2v) is 9.13. The van der Waals surface area contributed by atoms with Crippen LogP contribution >= 0.6 is 11.5 Å². The van der Waals surface area contributed by atoms with Crippen LogP contribution in [0.2, 0.25) is 0 Å². The topological polar surface area (TPSA) is 43.6 Å². The Balaban J connectivity index is 0.000000165. The van der Waals surface area contributed by atoms with E-state index >= 15 is 0 Å². The third-order valence-electron chi connectivity index (χ3n) is 5.64. The van der Waals surface area contributed by atoms with Crippen molar-refractivity contribution in [1.82, 2.24) is 18.9 Å². The molecule has 0 amide bonds. The van der Waals surface area contributed by atoms with Gasteiger partial charge in [-0.15, -0.1) is 71.3 Å². The molecule has 3 aromatic carbocycles. The fourth-order valence-electron chi connectivity index (χ4n) is 3.80. The van der Waals surface area contributed by atoms with Crippen LogP contribution in [0.5, 0.6) is 0 Å². The molecule has 0 atom stereocenters. The van der Waals surface area contributed by atoms with Crippen molar-refractivity contribution in [3.63, 3.8) is 0 Å². The van der Waals surface area contributed by atoms with Gasteiger partial charge in [0.25, 0.3) is 0 Å². The molecule has 0 saturated heterocycles. The van der Waals surface area contributed by atoms with Gasteiger partial charge in [0.05, 0.1) is 17.7 Å². The Labute approximate surface area is 229 Å². The Bertz CT molecular complexity index is 1470. The number of imidazole rings is 1. The van der Waals surface area contributed by atoms with Gasteiger partial charge >= 0.3 is 0 Å². The zero-order valence-electron chi connectivity index (χ0n) is 19.9. The smallest absolute Gasteiger partial charge is 0.0603 e. The van der Waals surface area contributed by atoms with Gasteiger partial charge in [-0.05, 0) is 41.0 Å². The van der Waals surface area contributed by atoms with Gasteiger partial charge in [0.15, 0.2) is 0 Å². The van der Waals surface area contributed by atoms with Crippen LogP contribution in [0.15, 0.2) is 104 Å². The molecule has 1 radical (unpaired) electrons. The minimum Gasteiger partial charge on any atom is -0.339 e. The number of rotatable bonds is 4. The normalized spacial score (nSPS) is 10.5. The van der Waals surface area contributed by atoms with Crippen LogP contribution in [0.25, 0.3) is 38.4 Å². The van der Waals surface area contributed by atoms with E-state index in [-0.39, 0.29) is 20.1 Å². The summed E-state index contributed by atoms with van der Waals surface area (Å²) in [5.74, 6) is 1.40. The molecular weight excluding hydrogens is 641 g/mol. The first-order valence-electron chi connectivity index (χ1n) is 11.5. The van der Waals surface area contributed by atoms with Gasteiger partial charge in [-0.3, -0.25) is 9.97 Å². The van der Waals surface area contributed by atoms with Crippen molar-refractivity contribution in [2.75, 3.05) is 0 Å². The summed E-state index contributed by atoms with van der Waals surface area (Å²) in [6, 6.07) is 32.9. The first kappa shape index (κ1) is 25.6. The van der Waals surface area contributed by atoms with Gasteiger partial charge in [-0.2, -0.15) is 0 Å². The second kappa shape index (κ2) is 12.0. The maximum atomic E-state index is 4.58. The third-order valence-corrected chi connectivity index (χ3v) is 6.47. The van der Waals surface area contributed by atoms with Gasteiger partial charge in [0, 0.05) is 49.1 Å². The van der Waals surface area contributed by atoms with Crippen LogP contribution in [0, 0.1) is 12.1 Å². The number of pyridine rings is 1. The maximum Gasteiger partial charge on any atom is 0.0603 e. The molecule has 3 heterocycles. The summed E-state index contributed by atoms with van der Waals surface area (Å²) in [7, 11) is 0. The molecule has 0 aliphatic rings. The van der Waals surface area contributed by atoms with Gasteiger partial charge < -0.3 is 4.57 Å². The van der Waals surface area contributed by atoms with Gasteiger partial charge in [0.1, 0.15) is 0 Å². The summed E-state index contributed by atoms with van der Waals surface area (Å²) in [5.41, 5.74) is 5.45. The summed E-state index contributed by atoms with van der Waals surface area (Å²) in [6.45, 7) is 4.41. The first-order chi connectivity index (χ1) is 17.2. The van der Waals surface area contributed by atoms with Crippen molar-refractivity contribution in [3.8, 4) is 28.3 Å². The second-order valence-electron chi connectivity index (χ2n) is 8.33. The number of aromatic nitrogens is 4. The van der Waals surface area contributed by atoms with Crippen molar-refractivity contribution in [1.29, 1.82) is 0 Å². The molecule has 0 unspecified atom stereocenters. The van der Waals surface area contributed by atoms with Crippen molar-refractivity contribution >= 4 is 21.6 Å².